The molecule has 0 aliphatic carbocycles. The van der Waals surface area contributed by atoms with Crippen LogP contribution >= 0.6 is 11.8 Å². The minimum atomic E-state index is -0.774. The minimum absolute atomic E-state index is 0.267. The van der Waals surface area contributed by atoms with E-state index in [0.29, 0.717) is 44.9 Å². The third kappa shape index (κ3) is 5.48. The number of rotatable bonds is 8. The number of methoxy groups -OCH3 is 2. The van der Waals surface area contributed by atoms with Crippen molar-refractivity contribution in [2.75, 3.05) is 19.5 Å². The lowest BCUT2D eigenvalue weighted by Crippen LogP contribution is -2.31. The predicted octanol–water partition coefficient (Wildman–Crippen LogP) is 5.00. The molecule has 1 unspecified atom stereocenters. The monoisotopic (exact) mass is 525 g/mol. The van der Waals surface area contributed by atoms with Gasteiger partial charge in [0.1, 0.15) is 11.6 Å². The number of hydrogen-bond donors (Lipinski definition) is 2. The number of benzene rings is 2. The van der Waals surface area contributed by atoms with E-state index in [9.17, 15) is 14.0 Å². The van der Waals surface area contributed by atoms with Crippen molar-refractivity contribution in [3.8, 4) is 11.5 Å². The number of halogens is 1. The molecule has 1 aromatic heterocycles. The molecule has 0 saturated carbocycles. The molecule has 2 N–H and O–H groups in total. The minimum Gasteiger partial charge on any atom is -0.493 e. The number of thioether (sulfide) groups is 1. The van der Waals surface area contributed by atoms with Crippen LogP contribution in [0.2, 0.25) is 0 Å². The highest BCUT2D eigenvalue weighted by molar-refractivity contribution is 7.98. The summed E-state index contributed by atoms with van der Waals surface area (Å²) in [5.41, 5.74) is 1.79. The van der Waals surface area contributed by atoms with Crippen molar-refractivity contribution in [2.24, 2.45) is 0 Å². The molecule has 194 valence electrons. The van der Waals surface area contributed by atoms with Gasteiger partial charge in [0.2, 0.25) is 0 Å². The second-order valence-corrected chi connectivity index (χ2v) is 9.64. The first-order valence-electron chi connectivity index (χ1n) is 11.6. The third-order valence-corrected chi connectivity index (χ3v) is 6.77. The van der Waals surface area contributed by atoms with Crippen molar-refractivity contribution in [2.45, 2.75) is 43.7 Å². The Bertz CT molecular complexity index is 1420. The van der Waals surface area contributed by atoms with Crippen molar-refractivity contribution in [1.82, 2.24) is 9.97 Å². The number of ether oxygens (including phenoxy) is 3. The van der Waals surface area contributed by atoms with Crippen LogP contribution in [0.1, 0.15) is 43.4 Å². The molecule has 1 atom stereocenters. The van der Waals surface area contributed by atoms with E-state index in [-0.39, 0.29) is 23.2 Å². The van der Waals surface area contributed by atoms with E-state index in [1.807, 2.05) is 0 Å². The number of carbonyl (C=O) groups excluding carboxylic acids is 1. The Kier molecular flexibility index (Phi) is 7.87. The number of aromatic nitrogens is 2. The van der Waals surface area contributed by atoms with Crippen LogP contribution in [0.25, 0.3) is 0 Å². The second kappa shape index (κ2) is 11.1. The topological polar surface area (TPSA) is 103 Å². The zero-order chi connectivity index (χ0) is 26.7. The van der Waals surface area contributed by atoms with E-state index in [1.165, 1.54) is 32.0 Å². The van der Waals surface area contributed by atoms with Gasteiger partial charge in [-0.3, -0.25) is 4.79 Å². The maximum atomic E-state index is 14.1. The summed E-state index contributed by atoms with van der Waals surface area (Å²) in [5, 5.41) is 3.44. The van der Waals surface area contributed by atoms with Crippen LogP contribution in [-0.4, -0.2) is 36.3 Å². The van der Waals surface area contributed by atoms with E-state index in [1.54, 1.807) is 57.2 Å². The van der Waals surface area contributed by atoms with E-state index < -0.39 is 17.4 Å². The molecule has 2 aromatic carbocycles. The fourth-order valence-corrected chi connectivity index (χ4v) is 5.02. The maximum absolute atomic E-state index is 14.1. The Morgan fingerprint density at radius 2 is 1.86 bits per heavy atom. The van der Waals surface area contributed by atoms with E-state index in [0.717, 1.165) is 0 Å². The molecule has 2 heterocycles. The van der Waals surface area contributed by atoms with Crippen LogP contribution in [0.3, 0.4) is 0 Å². The number of esters is 1. The van der Waals surface area contributed by atoms with Crippen molar-refractivity contribution in [1.29, 1.82) is 0 Å². The second-order valence-electron chi connectivity index (χ2n) is 8.68. The highest BCUT2D eigenvalue weighted by Crippen LogP contribution is 2.42. The third-order valence-electron chi connectivity index (χ3n) is 5.85. The first kappa shape index (κ1) is 26.3. The number of anilines is 1. The van der Waals surface area contributed by atoms with Gasteiger partial charge in [-0.05, 0) is 50.1 Å². The summed E-state index contributed by atoms with van der Waals surface area (Å²) in [7, 11) is 3.04. The summed E-state index contributed by atoms with van der Waals surface area (Å²) in [6.45, 7) is 5.26. The molecule has 1 aliphatic heterocycles. The normalized spacial score (nSPS) is 14.7. The van der Waals surface area contributed by atoms with E-state index in [2.05, 4.69) is 15.3 Å². The maximum Gasteiger partial charge on any atom is 0.337 e. The Morgan fingerprint density at radius 1 is 1.14 bits per heavy atom. The van der Waals surface area contributed by atoms with Crippen molar-refractivity contribution in [3.05, 3.63) is 86.6 Å². The fraction of sp³-hybridized carbons (Fsp3) is 0.296. The smallest absolute Gasteiger partial charge is 0.337 e. The summed E-state index contributed by atoms with van der Waals surface area (Å²) >= 11 is 1.21. The van der Waals surface area contributed by atoms with Crippen LogP contribution in [0, 0.1) is 5.82 Å². The zero-order valence-electron chi connectivity index (χ0n) is 21.2. The average molecular weight is 526 g/mol. The van der Waals surface area contributed by atoms with Gasteiger partial charge in [-0.15, -0.1) is 0 Å². The molecule has 10 heteroatoms. The lowest BCUT2D eigenvalue weighted by molar-refractivity contribution is -0.143. The summed E-state index contributed by atoms with van der Waals surface area (Å²) < 4.78 is 30.4. The number of hydrogen-bond acceptors (Lipinski definition) is 8. The molecule has 4 rings (SSSR count). The molecule has 3 aromatic rings. The molecule has 8 nitrogen and oxygen atoms in total. The standard InChI is InChI=1S/C27H28FN3O5S/c1-14(2)36-26(33)21-15(3)29-24-23(22(21)16-10-11-19(34-4)20(12-16)35-5)25(32)31-27(30-24)37-13-17-8-6-7-9-18(17)28/h6-12,14,22H,13H2,1-5H3,(H2,29,30,31,32). The number of allylic oxidation sites excluding steroid dienone is 1. The first-order chi connectivity index (χ1) is 17.7. The van der Waals surface area contributed by atoms with Crippen LogP contribution in [0.5, 0.6) is 11.5 Å². The molecule has 0 amide bonds. The number of fused-ring (bicyclic) bond motifs is 1. The summed E-state index contributed by atoms with van der Waals surface area (Å²) in [6.07, 6.45) is -0.353. The van der Waals surface area contributed by atoms with Crippen LogP contribution in [-0.2, 0) is 15.3 Å². The van der Waals surface area contributed by atoms with Crippen LogP contribution in [0.15, 0.2) is 63.7 Å². The number of H-pyrrole nitrogens is 1. The van der Waals surface area contributed by atoms with Crippen molar-refractivity contribution >= 4 is 23.5 Å². The molecule has 0 radical (unpaired) electrons. The summed E-state index contributed by atoms with van der Waals surface area (Å²) in [5.74, 6) is -0.0665. The zero-order valence-corrected chi connectivity index (χ0v) is 22.0. The van der Waals surface area contributed by atoms with Gasteiger partial charge in [-0.25, -0.2) is 14.2 Å². The van der Waals surface area contributed by atoms with Gasteiger partial charge in [0.15, 0.2) is 16.7 Å². The van der Waals surface area contributed by atoms with E-state index >= 15 is 0 Å². The lowest BCUT2D eigenvalue weighted by atomic mass is 9.82. The predicted molar refractivity (Wildman–Crippen MR) is 140 cm³/mol. The molecule has 37 heavy (non-hydrogen) atoms. The Morgan fingerprint density at radius 3 is 2.54 bits per heavy atom. The van der Waals surface area contributed by atoms with Gasteiger partial charge in [-0.2, -0.15) is 0 Å². The molecule has 0 bridgehead atoms. The molecule has 1 aliphatic rings. The van der Waals surface area contributed by atoms with Gasteiger partial charge in [0, 0.05) is 11.4 Å². The number of nitrogens with one attached hydrogen (secondary N) is 2. The quantitative estimate of drug-likeness (QED) is 0.241. The highest BCUT2D eigenvalue weighted by atomic mass is 32.2. The van der Waals surface area contributed by atoms with Gasteiger partial charge in [0.05, 0.1) is 37.4 Å². The number of aromatic amines is 1. The van der Waals surface area contributed by atoms with Crippen molar-refractivity contribution in [3.63, 3.8) is 0 Å². The fourth-order valence-electron chi connectivity index (χ4n) is 4.17. The largest absolute Gasteiger partial charge is 0.493 e. The van der Waals surface area contributed by atoms with Crippen molar-refractivity contribution < 1.29 is 23.4 Å². The number of carbonyl (C=O) groups is 1. The molecule has 0 fully saturated rings. The molecule has 0 saturated heterocycles. The van der Waals surface area contributed by atoms with Gasteiger partial charge >= 0.3 is 5.97 Å². The lowest BCUT2D eigenvalue weighted by Gasteiger charge is -2.29. The Labute approximate surface area is 218 Å². The SMILES string of the molecule is COc1ccc(C2C(C(=O)OC(C)C)=C(C)Nc3nc(SCc4ccccc4F)[nH]c(=O)c32)cc1OC. The van der Waals surface area contributed by atoms with Gasteiger partial charge in [0.25, 0.3) is 5.56 Å². The van der Waals surface area contributed by atoms with Gasteiger partial charge < -0.3 is 24.5 Å². The van der Waals surface area contributed by atoms with Crippen LogP contribution in [0.4, 0.5) is 10.2 Å². The van der Waals surface area contributed by atoms with E-state index in [4.69, 9.17) is 14.2 Å². The Hall–Kier alpha value is -3.79. The molecule has 0 spiro atoms. The van der Waals surface area contributed by atoms with Gasteiger partial charge in [-0.1, -0.05) is 36.0 Å². The number of nitrogens with zero attached hydrogens (tertiary/aromatic N) is 1. The summed E-state index contributed by atoms with van der Waals surface area (Å²) in [6, 6.07) is 11.7. The molecular weight excluding hydrogens is 497 g/mol. The Balaban J connectivity index is 1.80. The van der Waals surface area contributed by atoms with Crippen LogP contribution < -0.4 is 20.3 Å². The average Bonchev–Trinajstić information content (AvgIpc) is 2.86. The summed E-state index contributed by atoms with van der Waals surface area (Å²) in [4.78, 5) is 34.1. The highest BCUT2D eigenvalue weighted by Gasteiger charge is 2.37. The molecular formula is C27H28FN3O5S. The first-order valence-corrected chi connectivity index (χ1v) is 12.6.